The van der Waals surface area contributed by atoms with Crippen LogP contribution in [0.2, 0.25) is 0 Å². The molecule has 0 spiro atoms. The van der Waals surface area contributed by atoms with Gasteiger partial charge in [0.05, 0.1) is 44.2 Å². The van der Waals surface area contributed by atoms with E-state index in [4.69, 9.17) is 23.7 Å². The zero-order valence-electron chi connectivity index (χ0n) is 21.8. The third-order valence-corrected chi connectivity index (χ3v) is 7.07. The van der Waals surface area contributed by atoms with Gasteiger partial charge in [-0.25, -0.2) is 0 Å². The lowest BCUT2D eigenvalue weighted by Crippen LogP contribution is -2.47. The minimum Gasteiger partial charge on any atom is -0.496 e. The predicted octanol–water partition coefficient (Wildman–Crippen LogP) is 5.52. The summed E-state index contributed by atoms with van der Waals surface area (Å²) in [6, 6.07) is 23.7. The first-order chi connectivity index (χ1) is 18.5. The molecule has 1 unspecified atom stereocenters. The second kappa shape index (κ2) is 11.5. The second-order valence-electron chi connectivity index (χ2n) is 9.66. The van der Waals surface area contributed by atoms with Gasteiger partial charge in [0.15, 0.2) is 6.10 Å². The zero-order chi connectivity index (χ0) is 26.6. The Bertz CT molecular complexity index is 1270. The van der Waals surface area contributed by atoms with Gasteiger partial charge < -0.3 is 23.7 Å². The Hall–Kier alpha value is -3.52. The fraction of sp³-hybridized carbons (Fsp3) is 0.355. The monoisotopic (exact) mass is 516 g/mol. The maximum atomic E-state index is 12.5. The van der Waals surface area contributed by atoms with Gasteiger partial charge in [0.1, 0.15) is 11.9 Å². The van der Waals surface area contributed by atoms with E-state index in [0.717, 1.165) is 16.7 Å². The number of hydrogen-bond donors (Lipinski definition) is 0. The van der Waals surface area contributed by atoms with Gasteiger partial charge in [-0.2, -0.15) is 0 Å². The van der Waals surface area contributed by atoms with E-state index in [0.29, 0.717) is 36.5 Å². The van der Waals surface area contributed by atoms with Crippen molar-refractivity contribution < 1.29 is 33.3 Å². The lowest BCUT2D eigenvalue weighted by Gasteiger charge is -2.41. The Kier molecular flexibility index (Phi) is 7.88. The predicted molar refractivity (Wildman–Crippen MR) is 140 cm³/mol. The number of esters is 1. The minimum absolute atomic E-state index is 0.226. The largest absolute Gasteiger partial charge is 0.496 e. The molecule has 1 aliphatic carbocycles. The second-order valence-corrected chi connectivity index (χ2v) is 9.66. The first-order valence-corrected chi connectivity index (χ1v) is 12.8. The summed E-state index contributed by atoms with van der Waals surface area (Å²) in [5.74, 6) is -0.232. The number of carbonyl (C=O) groups excluding carboxylic acids is 2. The van der Waals surface area contributed by atoms with Crippen LogP contribution in [0.3, 0.4) is 0 Å². The highest BCUT2D eigenvalue weighted by atomic mass is 16.6. The van der Waals surface area contributed by atoms with Crippen LogP contribution in [0, 0.1) is 0 Å². The van der Waals surface area contributed by atoms with E-state index >= 15 is 0 Å². The van der Waals surface area contributed by atoms with Gasteiger partial charge in [-0.1, -0.05) is 72.8 Å². The number of hydrogen-bond acceptors (Lipinski definition) is 7. The maximum absolute atomic E-state index is 12.5. The van der Waals surface area contributed by atoms with Crippen LogP contribution in [0.4, 0.5) is 0 Å². The van der Waals surface area contributed by atoms with Crippen molar-refractivity contribution in [1.29, 1.82) is 0 Å². The highest BCUT2D eigenvalue weighted by molar-refractivity contribution is 6.11. The smallest absolute Gasteiger partial charge is 0.303 e. The summed E-state index contributed by atoms with van der Waals surface area (Å²) in [6.07, 6.45) is -1.61. The Labute approximate surface area is 222 Å². The number of fused-ring (bicyclic) bond motifs is 1. The van der Waals surface area contributed by atoms with Crippen LogP contribution in [-0.4, -0.2) is 37.2 Å². The molecule has 0 radical (unpaired) electrons. The summed E-state index contributed by atoms with van der Waals surface area (Å²) in [5.41, 5.74) is 4.03. The van der Waals surface area contributed by atoms with Crippen molar-refractivity contribution in [2.24, 2.45) is 0 Å². The number of ketones is 1. The normalized spacial score (nSPS) is 24.3. The van der Waals surface area contributed by atoms with E-state index in [9.17, 15) is 9.59 Å². The molecule has 5 atom stereocenters. The molecule has 0 N–H and O–H groups in total. The van der Waals surface area contributed by atoms with Gasteiger partial charge in [-0.3, -0.25) is 9.59 Å². The van der Waals surface area contributed by atoms with Crippen LogP contribution >= 0.6 is 0 Å². The molecular weight excluding hydrogens is 484 g/mol. The van der Waals surface area contributed by atoms with E-state index in [1.165, 1.54) is 6.92 Å². The third-order valence-electron chi connectivity index (χ3n) is 7.07. The average molecular weight is 517 g/mol. The van der Waals surface area contributed by atoms with E-state index in [-0.39, 0.29) is 30.2 Å². The molecule has 1 saturated heterocycles. The van der Waals surface area contributed by atoms with Crippen molar-refractivity contribution in [3.63, 3.8) is 0 Å². The van der Waals surface area contributed by atoms with Crippen LogP contribution in [0.15, 0.2) is 72.8 Å². The fourth-order valence-electron chi connectivity index (χ4n) is 5.24. The molecule has 38 heavy (non-hydrogen) atoms. The molecule has 5 rings (SSSR count). The molecule has 3 aromatic rings. The van der Waals surface area contributed by atoms with Crippen molar-refractivity contribution in [3.8, 4) is 5.75 Å². The lowest BCUT2D eigenvalue weighted by molar-refractivity contribution is -0.204. The Balaban J connectivity index is 1.40. The average Bonchev–Trinajstić information content (AvgIpc) is 2.94. The molecular formula is C31H32O7. The van der Waals surface area contributed by atoms with Gasteiger partial charge in [0.2, 0.25) is 5.78 Å². The maximum Gasteiger partial charge on any atom is 0.303 e. The molecule has 0 aromatic heterocycles. The molecule has 1 fully saturated rings. The van der Waals surface area contributed by atoms with E-state index in [2.05, 4.69) is 0 Å². The van der Waals surface area contributed by atoms with Gasteiger partial charge >= 0.3 is 5.97 Å². The molecule has 198 valence electrons. The van der Waals surface area contributed by atoms with E-state index < -0.39 is 12.1 Å². The van der Waals surface area contributed by atoms with Crippen LogP contribution in [0.5, 0.6) is 5.75 Å². The Morgan fingerprint density at radius 2 is 1.55 bits per heavy atom. The van der Waals surface area contributed by atoms with Crippen LogP contribution < -0.4 is 4.74 Å². The van der Waals surface area contributed by atoms with Gasteiger partial charge in [-0.15, -0.1) is 0 Å². The number of benzene rings is 3. The highest BCUT2D eigenvalue weighted by Crippen LogP contribution is 2.48. The molecule has 1 heterocycles. The molecule has 0 bridgehead atoms. The SMILES string of the molecule is COc1c([C@H]2C[C@@H](OCc3ccccc3)[C@H](OCc3ccccc3)[C@@H](C)O2)ccc2c1C(OC(C)=O)C2=O. The summed E-state index contributed by atoms with van der Waals surface area (Å²) >= 11 is 0. The van der Waals surface area contributed by atoms with Gasteiger partial charge in [-0.05, 0) is 18.1 Å². The number of rotatable bonds is 9. The summed E-state index contributed by atoms with van der Waals surface area (Å²) in [7, 11) is 1.55. The Morgan fingerprint density at radius 3 is 2.16 bits per heavy atom. The number of ether oxygens (including phenoxy) is 5. The molecule has 3 aromatic carbocycles. The zero-order valence-corrected chi connectivity index (χ0v) is 21.8. The first-order valence-electron chi connectivity index (χ1n) is 12.8. The molecule has 0 saturated carbocycles. The molecule has 7 heteroatoms. The standard InChI is InChI=1S/C31H32O7/c1-19-29(36-18-22-12-8-5-9-13-22)26(35-17-21-10-6-4-7-11-21)16-25(37-19)23-14-15-24-27(30(23)34-3)31(28(24)33)38-20(2)32/h4-15,19,25-26,29,31H,16-18H2,1-3H3/t19-,25-,26-,29-,31?/m1/s1. The van der Waals surface area contributed by atoms with Crippen LogP contribution in [0.25, 0.3) is 0 Å². The third kappa shape index (κ3) is 5.36. The van der Waals surface area contributed by atoms with Crippen molar-refractivity contribution in [2.75, 3.05) is 7.11 Å². The first kappa shape index (κ1) is 26.1. The molecule has 7 nitrogen and oxygen atoms in total. The summed E-state index contributed by atoms with van der Waals surface area (Å²) in [5, 5.41) is 0. The highest BCUT2D eigenvalue weighted by Gasteiger charge is 2.45. The summed E-state index contributed by atoms with van der Waals surface area (Å²) in [6.45, 7) is 4.17. The number of carbonyl (C=O) groups is 2. The van der Waals surface area contributed by atoms with Crippen molar-refractivity contribution in [2.45, 2.75) is 64.0 Å². The van der Waals surface area contributed by atoms with E-state index in [1.807, 2.05) is 73.7 Å². The molecule has 0 amide bonds. The quantitative estimate of drug-likeness (QED) is 0.347. The number of Topliss-reactive ketones (excluding diaryl/α,β-unsaturated/α-hetero) is 1. The van der Waals surface area contributed by atoms with Gasteiger partial charge in [0, 0.05) is 24.5 Å². The Morgan fingerprint density at radius 1 is 0.921 bits per heavy atom. The van der Waals surface area contributed by atoms with Crippen LogP contribution in [-0.2, 0) is 37.0 Å². The minimum atomic E-state index is -0.953. The topological polar surface area (TPSA) is 80.3 Å². The lowest BCUT2D eigenvalue weighted by atomic mass is 9.80. The molecule has 2 aliphatic rings. The van der Waals surface area contributed by atoms with Crippen molar-refractivity contribution in [3.05, 3.63) is 101 Å². The van der Waals surface area contributed by atoms with Gasteiger partial charge in [0.25, 0.3) is 0 Å². The fourth-order valence-corrected chi connectivity index (χ4v) is 5.24. The van der Waals surface area contributed by atoms with E-state index in [1.54, 1.807) is 13.2 Å². The molecule has 1 aliphatic heterocycles. The van der Waals surface area contributed by atoms with Crippen molar-refractivity contribution in [1.82, 2.24) is 0 Å². The summed E-state index contributed by atoms with van der Waals surface area (Å²) < 4.78 is 30.3. The summed E-state index contributed by atoms with van der Waals surface area (Å²) in [4.78, 5) is 24.1. The number of methoxy groups -OCH3 is 1. The van der Waals surface area contributed by atoms with Crippen LogP contribution in [0.1, 0.15) is 65.1 Å². The van der Waals surface area contributed by atoms with Crippen molar-refractivity contribution >= 4 is 11.8 Å².